The molecule has 1 unspecified atom stereocenters. The van der Waals surface area contributed by atoms with Gasteiger partial charge < -0.3 is 0 Å². The molecule has 0 bridgehead atoms. The minimum atomic E-state index is -1.13. The van der Waals surface area contributed by atoms with Crippen molar-refractivity contribution in [2.24, 2.45) is 0 Å². The van der Waals surface area contributed by atoms with Gasteiger partial charge in [0.15, 0.2) is 0 Å². The van der Waals surface area contributed by atoms with Crippen molar-refractivity contribution in [3.63, 3.8) is 0 Å². The van der Waals surface area contributed by atoms with Crippen LogP contribution in [0, 0.1) is 0 Å². The Bertz CT molecular complexity index is 129. The van der Waals surface area contributed by atoms with E-state index in [9.17, 15) is 0 Å². The van der Waals surface area contributed by atoms with Crippen molar-refractivity contribution >= 4 is 13.5 Å². The van der Waals surface area contributed by atoms with Gasteiger partial charge in [-0.25, -0.2) is 0 Å². The van der Waals surface area contributed by atoms with Gasteiger partial charge in [0.1, 0.15) is 0 Å². The van der Waals surface area contributed by atoms with E-state index in [2.05, 4.69) is 6.58 Å². The summed E-state index contributed by atoms with van der Waals surface area (Å²) in [4.78, 5) is 0. The van der Waals surface area contributed by atoms with E-state index >= 15 is 0 Å². The zero-order valence-electron chi connectivity index (χ0n) is 5.46. The zero-order chi connectivity index (χ0) is 7.49. The van der Waals surface area contributed by atoms with Crippen LogP contribution < -0.4 is 0 Å². The van der Waals surface area contributed by atoms with Gasteiger partial charge in [0.2, 0.25) is 0 Å². The number of rotatable bonds is 3. The van der Waals surface area contributed by atoms with Gasteiger partial charge in [-0.05, 0) is 0 Å². The summed E-state index contributed by atoms with van der Waals surface area (Å²) in [5.74, 6) is 1.05. The Balaban J connectivity index is 3.86. The Morgan fingerprint density at radius 3 is 2.44 bits per heavy atom. The van der Waals surface area contributed by atoms with E-state index in [-0.39, 0.29) is 12.2 Å². The van der Waals surface area contributed by atoms with E-state index in [0.717, 1.165) is 5.97 Å². The Hall–Kier alpha value is -0.565. The molecular weight excluding hydrogens is 115 g/mol. The van der Waals surface area contributed by atoms with Crippen LogP contribution in [0.25, 0.3) is 0 Å². The first-order valence-electron chi connectivity index (χ1n) is 2.63. The van der Waals surface area contributed by atoms with Gasteiger partial charge in [-0.15, -0.1) is 0 Å². The Morgan fingerprint density at radius 1 is 1.89 bits per heavy atom. The fourth-order valence-electron chi connectivity index (χ4n) is 0.472. The summed E-state index contributed by atoms with van der Waals surface area (Å²) in [5.41, 5.74) is -1.13. The molecule has 2 N–H and O–H groups in total. The van der Waals surface area contributed by atoms with Crippen molar-refractivity contribution < 1.29 is 10.2 Å². The molecule has 0 amide bonds. The van der Waals surface area contributed by atoms with E-state index < -0.39 is 5.60 Å². The first-order valence-corrected chi connectivity index (χ1v) is 2.63. The van der Waals surface area contributed by atoms with E-state index in [1.807, 2.05) is 0 Å². The SMILES string of the molecule is [B]=CC(C)(O)CC(=C)O. The van der Waals surface area contributed by atoms with Crippen LogP contribution in [0.5, 0.6) is 0 Å². The predicted molar refractivity (Wildman–Crippen MR) is 38.8 cm³/mol. The molecule has 0 rings (SSSR count). The molecule has 3 heteroatoms. The quantitative estimate of drug-likeness (QED) is 0.416. The fraction of sp³-hybridized carbons (Fsp3) is 0.500. The van der Waals surface area contributed by atoms with E-state index in [1.165, 1.54) is 6.92 Å². The van der Waals surface area contributed by atoms with Crippen molar-refractivity contribution in [3.05, 3.63) is 12.3 Å². The van der Waals surface area contributed by atoms with Crippen molar-refractivity contribution in [1.82, 2.24) is 0 Å². The average molecular weight is 125 g/mol. The van der Waals surface area contributed by atoms with E-state index in [1.54, 1.807) is 0 Å². The normalized spacial score (nSPS) is 16.1. The summed E-state index contributed by atoms with van der Waals surface area (Å²) >= 11 is 0. The summed E-state index contributed by atoms with van der Waals surface area (Å²) in [6.45, 7) is 4.70. The second kappa shape index (κ2) is 2.83. The number of aliphatic hydroxyl groups is 2. The number of hydrogen-bond acceptors (Lipinski definition) is 2. The van der Waals surface area contributed by atoms with Crippen LogP contribution >= 0.6 is 0 Å². The average Bonchev–Trinajstić information content (AvgIpc) is 1.63. The number of aliphatic hydroxyl groups excluding tert-OH is 1. The van der Waals surface area contributed by atoms with Gasteiger partial charge in [0, 0.05) is 0 Å². The zero-order valence-corrected chi connectivity index (χ0v) is 5.46. The molecular formula is C6H10BO2. The van der Waals surface area contributed by atoms with Gasteiger partial charge in [-0.2, -0.15) is 0 Å². The van der Waals surface area contributed by atoms with Gasteiger partial charge in [0.25, 0.3) is 0 Å². The second-order valence-corrected chi connectivity index (χ2v) is 2.27. The van der Waals surface area contributed by atoms with Gasteiger partial charge in [-0.1, -0.05) is 0 Å². The monoisotopic (exact) mass is 125 g/mol. The van der Waals surface area contributed by atoms with E-state index in [4.69, 9.17) is 17.7 Å². The van der Waals surface area contributed by atoms with Crippen LogP contribution in [0.15, 0.2) is 12.3 Å². The standard InChI is InChI=1S/C6H10BO2/c1-5(8)3-6(2,9)4-7/h4,8-9H,1,3H2,2H3. The Kier molecular flexibility index (Phi) is 2.65. The minimum absolute atomic E-state index is 0.0679. The van der Waals surface area contributed by atoms with Gasteiger partial charge >= 0.3 is 55.0 Å². The molecule has 0 heterocycles. The molecule has 0 saturated carbocycles. The summed E-state index contributed by atoms with van der Waals surface area (Å²) in [6, 6.07) is 0. The van der Waals surface area contributed by atoms with Crippen molar-refractivity contribution in [2.45, 2.75) is 18.9 Å². The fourth-order valence-corrected chi connectivity index (χ4v) is 0.472. The van der Waals surface area contributed by atoms with Crippen LogP contribution in [0.1, 0.15) is 13.3 Å². The van der Waals surface area contributed by atoms with Crippen molar-refractivity contribution in [3.8, 4) is 0 Å². The molecule has 0 aromatic heterocycles. The first-order chi connectivity index (χ1) is 3.98. The third-order valence-corrected chi connectivity index (χ3v) is 0.921. The third-order valence-electron chi connectivity index (χ3n) is 0.921. The van der Waals surface area contributed by atoms with E-state index in [0.29, 0.717) is 0 Å². The Labute approximate surface area is 55.9 Å². The molecule has 1 atom stereocenters. The van der Waals surface area contributed by atoms with Crippen LogP contribution in [0.3, 0.4) is 0 Å². The third kappa shape index (κ3) is 3.97. The molecule has 0 aliphatic rings. The van der Waals surface area contributed by atoms with Crippen LogP contribution in [-0.4, -0.2) is 29.3 Å². The van der Waals surface area contributed by atoms with Gasteiger partial charge in [-0.3, -0.25) is 0 Å². The molecule has 0 aliphatic heterocycles. The molecule has 9 heavy (non-hydrogen) atoms. The van der Waals surface area contributed by atoms with Crippen LogP contribution in [-0.2, 0) is 0 Å². The van der Waals surface area contributed by atoms with Crippen LogP contribution in [0.4, 0.5) is 0 Å². The summed E-state index contributed by atoms with van der Waals surface area (Å²) in [5, 5.41) is 17.7. The number of hydrogen-bond donors (Lipinski definition) is 2. The maximum atomic E-state index is 9.09. The second-order valence-electron chi connectivity index (χ2n) is 2.27. The molecule has 0 aromatic rings. The first kappa shape index (κ1) is 8.43. The molecule has 0 saturated heterocycles. The summed E-state index contributed by atoms with van der Waals surface area (Å²) in [7, 11) is 5.03. The molecule has 1 radical (unpaired) electrons. The predicted octanol–water partition coefficient (Wildman–Crippen LogP) is 0.170. The van der Waals surface area contributed by atoms with Gasteiger partial charge in [0.05, 0.1) is 0 Å². The molecule has 0 aliphatic carbocycles. The maximum absolute atomic E-state index is 9.09. The topological polar surface area (TPSA) is 40.5 Å². The summed E-state index contributed by atoms with van der Waals surface area (Å²) in [6.07, 6.45) is 0.0868. The Morgan fingerprint density at radius 2 is 2.33 bits per heavy atom. The van der Waals surface area contributed by atoms with Crippen molar-refractivity contribution in [2.75, 3.05) is 0 Å². The molecule has 0 fully saturated rings. The summed E-state index contributed by atoms with van der Waals surface area (Å²) < 4.78 is 0. The molecule has 49 valence electrons. The molecule has 0 spiro atoms. The molecule has 2 nitrogen and oxygen atoms in total. The molecule has 0 aromatic carbocycles. The van der Waals surface area contributed by atoms with Crippen LogP contribution in [0.2, 0.25) is 0 Å². The van der Waals surface area contributed by atoms with Crippen molar-refractivity contribution in [1.29, 1.82) is 0 Å².